The van der Waals surface area contributed by atoms with Gasteiger partial charge in [-0.2, -0.15) is 0 Å². The zero-order chi connectivity index (χ0) is 14.9. The maximum Gasteiger partial charge on any atom is 0.257 e. The van der Waals surface area contributed by atoms with E-state index in [4.69, 9.17) is 9.84 Å². The van der Waals surface area contributed by atoms with Crippen LogP contribution in [0, 0.1) is 23.3 Å². The van der Waals surface area contributed by atoms with Crippen molar-refractivity contribution in [2.24, 2.45) is 0 Å². The summed E-state index contributed by atoms with van der Waals surface area (Å²) in [5.41, 5.74) is -0.915. The van der Waals surface area contributed by atoms with Crippen LogP contribution in [0.1, 0.15) is 10.4 Å². The summed E-state index contributed by atoms with van der Waals surface area (Å²) in [6.07, 6.45) is 0. The first-order chi connectivity index (χ1) is 9.47. The Bertz CT molecular complexity index is 538. The first kappa shape index (κ1) is 14.7. The minimum atomic E-state index is -2.04. The van der Waals surface area contributed by atoms with Gasteiger partial charge in [0.1, 0.15) is 0 Å². The van der Waals surface area contributed by atoms with Gasteiger partial charge in [0.15, 0.2) is 23.3 Å². The number of benzene rings is 1. The molecule has 110 valence electrons. The van der Waals surface area contributed by atoms with E-state index < -0.39 is 47.4 Å². The predicted molar refractivity (Wildman–Crippen MR) is 59.0 cm³/mol. The molecule has 1 heterocycles. The summed E-state index contributed by atoms with van der Waals surface area (Å²) in [5.74, 6) is -8.44. The van der Waals surface area contributed by atoms with Crippen LogP contribution in [0.15, 0.2) is 6.07 Å². The Balaban J connectivity index is 2.38. The number of morpholine rings is 1. The SMILES string of the molecule is O=C(c1cc(F)c(F)c(F)c1F)N1CCOCC1CO. The molecule has 1 aliphatic heterocycles. The van der Waals surface area contributed by atoms with Crippen LogP contribution < -0.4 is 0 Å². The summed E-state index contributed by atoms with van der Waals surface area (Å²) in [5, 5.41) is 9.10. The maximum atomic E-state index is 13.6. The molecule has 4 nitrogen and oxygen atoms in total. The van der Waals surface area contributed by atoms with Crippen molar-refractivity contribution in [1.29, 1.82) is 0 Å². The molecule has 0 aromatic heterocycles. The maximum absolute atomic E-state index is 13.6. The molecule has 1 N–H and O–H groups in total. The zero-order valence-corrected chi connectivity index (χ0v) is 10.2. The highest BCUT2D eigenvalue weighted by molar-refractivity contribution is 5.94. The lowest BCUT2D eigenvalue weighted by atomic mass is 10.1. The summed E-state index contributed by atoms with van der Waals surface area (Å²) in [4.78, 5) is 13.1. The third-order valence-electron chi connectivity index (χ3n) is 3.03. The van der Waals surface area contributed by atoms with Crippen LogP contribution in [0.2, 0.25) is 0 Å². The number of hydrogen-bond acceptors (Lipinski definition) is 3. The average molecular weight is 293 g/mol. The number of aliphatic hydroxyl groups is 1. The fraction of sp³-hybridized carbons (Fsp3) is 0.417. The van der Waals surface area contributed by atoms with Gasteiger partial charge in [0.25, 0.3) is 5.91 Å². The fourth-order valence-electron chi connectivity index (χ4n) is 1.96. The van der Waals surface area contributed by atoms with Gasteiger partial charge in [0, 0.05) is 6.54 Å². The van der Waals surface area contributed by atoms with Crippen LogP contribution in [0.3, 0.4) is 0 Å². The lowest BCUT2D eigenvalue weighted by Gasteiger charge is -2.34. The summed E-state index contributed by atoms with van der Waals surface area (Å²) in [6, 6.07) is -0.438. The van der Waals surface area contributed by atoms with Crippen molar-refractivity contribution in [2.45, 2.75) is 6.04 Å². The molecular weight excluding hydrogens is 282 g/mol. The van der Waals surface area contributed by atoms with E-state index in [9.17, 15) is 22.4 Å². The van der Waals surface area contributed by atoms with Crippen molar-refractivity contribution in [2.75, 3.05) is 26.4 Å². The first-order valence-electron chi connectivity index (χ1n) is 5.80. The summed E-state index contributed by atoms with van der Waals surface area (Å²) in [7, 11) is 0. The zero-order valence-electron chi connectivity index (χ0n) is 10.2. The van der Waals surface area contributed by atoms with E-state index >= 15 is 0 Å². The van der Waals surface area contributed by atoms with Crippen LogP contribution in [0.25, 0.3) is 0 Å². The van der Waals surface area contributed by atoms with Gasteiger partial charge in [-0.25, -0.2) is 17.6 Å². The van der Waals surface area contributed by atoms with Gasteiger partial charge in [-0.1, -0.05) is 0 Å². The number of ether oxygens (including phenoxy) is 1. The minimum absolute atomic E-state index is 0.0238. The molecule has 20 heavy (non-hydrogen) atoms. The number of amides is 1. The standard InChI is InChI=1S/C12H11F4NO3/c13-8-3-7(9(14)11(16)10(8)15)12(19)17-1-2-20-5-6(17)4-18/h3,6,18H,1-2,4-5H2. The molecule has 0 aliphatic carbocycles. The summed E-state index contributed by atoms with van der Waals surface area (Å²) in [6.45, 7) is -0.240. The molecule has 1 unspecified atom stereocenters. The monoisotopic (exact) mass is 293 g/mol. The van der Waals surface area contributed by atoms with Gasteiger partial charge in [0.05, 0.1) is 31.4 Å². The number of carbonyl (C=O) groups excluding carboxylic acids is 1. The third-order valence-corrected chi connectivity index (χ3v) is 3.03. The largest absolute Gasteiger partial charge is 0.394 e. The number of halogens is 4. The second-order valence-electron chi connectivity index (χ2n) is 4.26. The molecule has 2 rings (SSSR count). The van der Waals surface area contributed by atoms with Crippen molar-refractivity contribution in [3.05, 3.63) is 34.9 Å². The van der Waals surface area contributed by atoms with E-state index in [1.165, 1.54) is 0 Å². The molecular formula is C12H11F4NO3. The molecule has 8 heteroatoms. The number of aliphatic hydroxyl groups excluding tert-OH is 1. The van der Waals surface area contributed by atoms with Crippen molar-refractivity contribution < 1.29 is 32.2 Å². The molecule has 1 aliphatic rings. The fourth-order valence-corrected chi connectivity index (χ4v) is 1.96. The van der Waals surface area contributed by atoms with Gasteiger partial charge in [-0.3, -0.25) is 4.79 Å². The van der Waals surface area contributed by atoms with Gasteiger partial charge >= 0.3 is 0 Å². The van der Waals surface area contributed by atoms with Gasteiger partial charge in [-0.15, -0.1) is 0 Å². The van der Waals surface area contributed by atoms with Gasteiger partial charge < -0.3 is 14.7 Å². The van der Waals surface area contributed by atoms with E-state index in [-0.39, 0.29) is 19.8 Å². The normalized spacial score (nSPS) is 19.2. The highest BCUT2D eigenvalue weighted by Crippen LogP contribution is 2.21. The Kier molecular flexibility index (Phi) is 4.24. The Labute approximate surface area is 111 Å². The number of rotatable bonds is 2. The number of nitrogens with zero attached hydrogens (tertiary/aromatic N) is 1. The van der Waals surface area contributed by atoms with E-state index in [0.29, 0.717) is 6.07 Å². The van der Waals surface area contributed by atoms with E-state index in [1.807, 2.05) is 0 Å². The second kappa shape index (κ2) is 5.76. The Morgan fingerprint density at radius 1 is 1.30 bits per heavy atom. The molecule has 1 amide bonds. The van der Waals surface area contributed by atoms with Crippen molar-refractivity contribution in [3.63, 3.8) is 0 Å². The van der Waals surface area contributed by atoms with E-state index in [2.05, 4.69) is 0 Å². The van der Waals surface area contributed by atoms with E-state index in [0.717, 1.165) is 4.90 Å². The molecule has 0 bridgehead atoms. The quantitative estimate of drug-likeness (QED) is 0.504. The van der Waals surface area contributed by atoms with Crippen LogP contribution in [0.5, 0.6) is 0 Å². The highest BCUT2D eigenvalue weighted by Gasteiger charge is 2.31. The third kappa shape index (κ3) is 2.48. The lowest BCUT2D eigenvalue weighted by molar-refractivity contribution is -0.0186. The minimum Gasteiger partial charge on any atom is -0.394 e. The molecule has 1 aromatic carbocycles. The summed E-state index contributed by atoms with van der Waals surface area (Å²) >= 11 is 0. The molecule has 0 radical (unpaired) electrons. The smallest absolute Gasteiger partial charge is 0.257 e. The Morgan fingerprint density at radius 3 is 2.65 bits per heavy atom. The molecule has 0 saturated carbocycles. The van der Waals surface area contributed by atoms with Crippen LogP contribution in [0.4, 0.5) is 17.6 Å². The van der Waals surface area contributed by atoms with Crippen LogP contribution in [-0.4, -0.2) is 48.3 Å². The second-order valence-corrected chi connectivity index (χ2v) is 4.26. The van der Waals surface area contributed by atoms with Crippen LogP contribution in [-0.2, 0) is 4.74 Å². The Morgan fingerprint density at radius 2 is 2.00 bits per heavy atom. The predicted octanol–water partition coefficient (Wildman–Crippen LogP) is 1.08. The van der Waals surface area contributed by atoms with E-state index in [1.54, 1.807) is 0 Å². The molecule has 1 aromatic rings. The van der Waals surface area contributed by atoms with Gasteiger partial charge in [-0.05, 0) is 6.07 Å². The van der Waals surface area contributed by atoms with Crippen molar-refractivity contribution in [1.82, 2.24) is 4.90 Å². The first-order valence-corrected chi connectivity index (χ1v) is 5.80. The Hall–Kier alpha value is -1.67. The van der Waals surface area contributed by atoms with Crippen LogP contribution >= 0.6 is 0 Å². The van der Waals surface area contributed by atoms with Crippen molar-refractivity contribution in [3.8, 4) is 0 Å². The summed E-state index contributed by atoms with van der Waals surface area (Å²) < 4.78 is 57.7. The molecule has 1 atom stereocenters. The topological polar surface area (TPSA) is 49.8 Å². The lowest BCUT2D eigenvalue weighted by Crippen LogP contribution is -2.50. The molecule has 1 saturated heterocycles. The average Bonchev–Trinajstić information content (AvgIpc) is 2.48. The van der Waals surface area contributed by atoms with Crippen molar-refractivity contribution >= 4 is 5.91 Å². The number of carbonyl (C=O) groups is 1. The van der Waals surface area contributed by atoms with Gasteiger partial charge in [0.2, 0.25) is 0 Å². The highest BCUT2D eigenvalue weighted by atomic mass is 19.2. The molecule has 1 fully saturated rings. The number of hydrogen-bond donors (Lipinski definition) is 1. The molecule has 0 spiro atoms.